The van der Waals surface area contributed by atoms with Crippen LogP contribution in [-0.2, 0) is 12.8 Å². The number of nitriles is 1. The molecule has 16 heavy (non-hydrogen) atoms. The van der Waals surface area contributed by atoms with E-state index in [0.717, 1.165) is 38.9 Å². The summed E-state index contributed by atoms with van der Waals surface area (Å²) in [6, 6.07) is 11.0. The average molecular weight is 214 g/mol. The summed E-state index contributed by atoms with van der Waals surface area (Å²) in [6.07, 6.45) is 4.00. The molecular weight excluding hydrogens is 196 g/mol. The van der Waals surface area contributed by atoms with Crippen molar-refractivity contribution in [3.05, 3.63) is 35.4 Å². The Morgan fingerprint density at radius 3 is 2.31 bits per heavy atom. The fraction of sp³-hybridized carbons (Fsp3) is 0.500. The van der Waals surface area contributed by atoms with Gasteiger partial charge in [0, 0.05) is 19.5 Å². The van der Waals surface area contributed by atoms with Gasteiger partial charge in [-0.1, -0.05) is 24.3 Å². The monoisotopic (exact) mass is 214 g/mol. The van der Waals surface area contributed by atoms with Crippen molar-refractivity contribution >= 4 is 0 Å². The van der Waals surface area contributed by atoms with Crippen molar-refractivity contribution in [2.75, 3.05) is 19.6 Å². The maximum Gasteiger partial charge on any atom is 0.0622 e. The minimum absolute atomic E-state index is 0.684. The van der Waals surface area contributed by atoms with Gasteiger partial charge in [-0.15, -0.1) is 0 Å². The first-order valence-electron chi connectivity index (χ1n) is 6.06. The van der Waals surface area contributed by atoms with Crippen LogP contribution in [-0.4, -0.2) is 24.5 Å². The van der Waals surface area contributed by atoms with E-state index in [1.807, 2.05) is 0 Å². The van der Waals surface area contributed by atoms with Gasteiger partial charge in [0.25, 0.3) is 0 Å². The van der Waals surface area contributed by atoms with Gasteiger partial charge in [-0.05, 0) is 36.9 Å². The van der Waals surface area contributed by atoms with Crippen LogP contribution in [0.2, 0.25) is 0 Å². The Morgan fingerprint density at radius 1 is 1.12 bits per heavy atom. The number of fused-ring (bicyclic) bond motifs is 1. The van der Waals surface area contributed by atoms with Crippen LogP contribution >= 0.6 is 0 Å². The third-order valence-electron chi connectivity index (χ3n) is 3.28. The van der Waals surface area contributed by atoms with Crippen molar-refractivity contribution < 1.29 is 0 Å². The molecule has 0 saturated heterocycles. The van der Waals surface area contributed by atoms with E-state index < -0.39 is 0 Å². The summed E-state index contributed by atoms with van der Waals surface area (Å²) in [5.74, 6) is 0. The fourth-order valence-corrected chi connectivity index (χ4v) is 2.32. The Morgan fingerprint density at radius 2 is 1.75 bits per heavy atom. The van der Waals surface area contributed by atoms with E-state index in [0.29, 0.717) is 6.42 Å². The first kappa shape index (κ1) is 11.2. The lowest BCUT2D eigenvalue weighted by atomic mass is 10.0. The Kier molecular flexibility index (Phi) is 3.96. The van der Waals surface area contributed by atoms with Crippen molar-refractivity contribution in [2.24, 2.45) is 0 Å². The molecule has 0 N–H and O–H groups in total. The predicted molar refractivity (Wildman–Crippen MR) is 65.1 cm³/mol. The maximum absolute atomic E-state index is 8.52. The zero-order valence-electron chi connectivity index (χ0n) is 9.65. The summed E-state index contributed by atoms with van der Waals surface area (Å²) >= 11 is 0. The summed E-state index contributed by atoms with van der Waals surface area (Å²) in [4.78, 5) is 2.48. The molecule has 0 fully saturated rings. The molecule has 1 aromatic rings. The topological polar surface area (TPSA) is 27.0 Å². The van der Waals surface area contributed by atoms with Crippen LogP contribution in [0.1, 0.15) is 24.0 Å². The molecule has 0 unspecified atom stereocenters. The highest BCUT2D eigenvalue weighted by Crippen LogP contribution is 2.15. The third kappa shape index (κ3) is 2.84. The lowest BCUT2D eigenvalue weighted by Gasteiger charge is -2.18. The largest absolute Gasteiger partial charge is 0.303 e. The number of hydrogen-bond donors (Lipinski definition) is 0. The summed E-state index contributed by atoms with van der Waals surface area (Å²) in [7, 11) is 0. The van der Waals surface area contributed by atoms with Crippen molar-refractivity contribution in [1.29, 1.82) is 5.26 Å². The molecule has 1 aliphatic rings. The van der Waals surface area contributed by atoms with Gasteiger partial charge in [-0.2, -0.15) is 5.26 Å². The quantitative estimate of drug-likeness (QED) is 0.722. The van der Waals surface area contributed by atoms with E-state index in [-0.39, 0.29) is 0 Å². The Labute approximate surface area is 97.5 Å². The minimum Gasteiger partial charge on any atom is -0.303 e. The zero-order chi connectivity index (χ0) is 11.2. The van der Waals surface area contributed by atoms with E-state index in [2.05, 4.69) is 35.2 Å². The lowest BCUT2D eigenvalue weighted by molar-refractivity contribution is 0.285. The molecule has 0 radical (unpaired) electrons. The molecule has 2 heteroatoms. The van der Waals surface area contributed by atoms with Crippen molar-refractivity contribution in [3.8, 4) is 6.07 Å². The summed E-state index contributed by atoms with van der Waals surface area (Å²) < 4.78 is 0. The Bertz CT molecular complexity index is 352. The van der Waals surface area contributed by atoms with E-state index in [1.54, 1.807) is 0 Å². The summed E-state index contributed by atoms with van der Waals surface area (Å²) in [5, 5.41) is 8.52. The Hall–Kier alpha value is -1.33. The second-order valence-electron chi connectivity index (χ2n) is 4.37. The van der Waals surface area contributed by atoms with Crippen molar-refractivity contribution in [2.45, 2.75) is 25.7 Å². The summed E-state index contributed by atoms with van der Waals surface area (Å²) in [6.45, 7) is 3.35. The Balaban J connectivity index is 1.90. The SMILES string of the molecule is N#CCCCN1CCc2ccccc2CC1. The molecule has 84 valence electrons. The first-order chi connectivity index (χ1) is 7.90. The molecule has 1 heterocycles. The fourth-order valence-electron chi connectivity index (χ4n) is 2.32. The highest BCUT2D eigenvalue weighted by atomic mass is 15.1. The van der Waals surface area contributed by atoms with Gasteiger partial charge in [0.05, 0.1) is 6.07 Å². The average Bonchev–Trinajstić information content (AvgIpc) is 2.53. The van der Waals surface area contributed by atoms with Crippen LogP contribution in [0, 0.1) is 11.3 Å². The molecule has 0 spiro atoms. The minimum atomic E-state index is 0.684. The number of unbranched alkanes of at least 4 members (excludes halogenated alkanes) is 1. The standard InChI is InChI=1S/C14H18N2/c15-9-3-4-10-16-11-7-13-5-1-2-6-14(13)8-12-16/h1-2,5-6H,3-4,7-8,10-12H2. The molecule has 2 rings (SSSR count). The van der Waals surface area contributed by atoms with Gasteiger partial charge in [0.15, 0.2) is 0 Å². The molecule has 0 aromatic heterocycles. The van der Waals surface area contributed by atoms with Crippen LogP contribution in [0.4, 0.5) is 0 Å². The zero-order valence-corrected chi connectivity index (χ0v) is 9.65. The van der Waals surface area contributed by atoms with Crippen LogP contribution in [0.25, 0.3) is 0 Å². The second kappa shape index (κ2) is 5.67. The van der Waals surface area contributed by atoms with E-state index in [9.17, 15) is 0 Å². The van der Waals surface area contributed by atoms with Crippen LogP contribution in [0.15, 0.2) is 24.3 Å². The maximum atomic E-state index is 8.52. The lowest BCUT2D eigenvalue weighted by Crippen LogP contribution is -2.27. The number of hydrogen-bond acceptors (Lipinski definition) is 2. The van der Waals surface area contributed by atoms with Crippen molar-refractivity contribution in [3.63, 3.8) is 0 Å². The first-order valence-corrected chi connectivity index (χ1v) is 6.06. The van der Waals surface area contributed by atoms with Crippen molar-refractivity contribution in [1.82, 2.24) is 4.90 Å². The van der Waals surface area contributed by atoms with Crippen LogP contribution in [0.3, 0.4) is 0 Å². The van der Waals surface area contributed by atoms with Gasteiger partial charge in [0.2, 0.25) is 0 Å². The van der Waals surface area contributed by atoms with E-state index in [4.69, 9.17) is 5.26 Å². The molecule has 0 atom stereocenters. The van der Waals surface area contributed by atoms with E-state index >= 15 is 0 Å². The molecular formula is C14H18N2. The normalized spacial score (nSPS) is 16.2. The molecule has 1 aliphatic heterocycles. The smallest absolute Gasteiger partial charge is 0.0622 e. The molecule has 1 aromatic carbocycles. The second-order valence-corrected chi connectivity index (χ2v) is 4.37. The molecule has 0 amide bonds. The van der Waals surface area contributed by atoms with Crippen LogP contribution < -0.4 is 0 Å². The van der Waals surface area contributed by atoms with Gasteiger partial charge >= 0.3 is 0 Å². The highest BCUT2D eigenvalue weighted by Gasteiger charge is 2.12. The highest BCUT2D eigenvalue weighted by molar-refractivity contribution is 5.28. The molecule has 0 aliphatic carbocycles. The van der Waals surface area contributed by atoms with Gasteiger partial charge in [0.1, 0.15) is 0 Å². The van der Waals surface area contributed by atoms with Gasteiger partial charge < -0.3 is 4.90 Å². The molecule has 0 saturated carbocycles. The van der Waals surface area contributed by atoms with E-state index in [1.165, 1.54) is 11.1 Å². The van der Waals surface area contributed by atoms with Gasteiger partial charge in [-0.25, -0.2) is 0 Å². The molecule has 0 bridgehead atoms. The molecule has 2 nitrogen and oxygen atoms in total. The number of rotatable bonds is 3. The summed E-state index contributed by atoms with van der Waals surface area (Å²) in [5.41, 5.74) is 3.01. The van der Waals surface area contributed by atoms with Gasteiger partial charge in [-0.3, -0.25) is 0 Å². The predicted octanol–water partition coefficient (Wildman–Crippen LogP) is 2.39. The number of nitrogens with zero attached hydrogens (tertiary/aromatic N) is 2. The third-order valence-corrected chi connectivity index (χ3v) is 3.28. The number of benzene rings is 1. The van der Waals surface area contributed by atoms with Crippen LogP contribution in [0.5, 0.6) is 0 Å².